The predicted molar refractivity (Wildman–Crippen MR) is 102 cm³/mol. The summed E-state index contributed by atoms with van der Waals surface area (Å²) in [5.74, 6) is 4.61. The maximum absolute atomic E-state index is 13.2. The molecule has 0 aromatic heterocycles. The van der Waals surface area contributed by atoms with E-state index in [0.717, 1.165) is 16.4 Å². The monoisotopic (exact) mass is 406 g/mol. The molecule has 0 aliphatic carbocycles. The van der Waals surface area contributed by atoms with Crippen molar-refractivity contribution >= 4 is 27.3 Å². The zero-order valence-corrected chi connectivity index (χ0v) is 15.5. The molecule has 3 N–H and O–H groups in total. The van der Waals surface area contributed by atoms with Gasteiger partial charge in [0, 0.05) is 12.1 Å². The van der Waals surface area contributed by atoms with Crippen LogP contribution in [0.2, 0.25) is 0 Å². The molecule has 0 radical (unpaired) electrons. The number of nitro groups is 1. The summed E-state index contributed by atoms with van der Waals surface area (Å²) in [4.78, 5) is 21.7. The first-order valence-electron chi connectivity index (χ1n) is 7.90. The van der Waals surface area contributed by atoms with Crippen molar-refractivity contribution in [2.24, 2.45) is 5.84 Å². The summed E-state index contributed by atoms with van der Waals surface area (Å²) < 4.78 is 32.5. The van der Waals surface area contributed by atoms with Gasteiger partial charge in [-0.25, -0.2) is 14.3 Å². The van der Waals surface area contributed by atoms with Crippen LogP contribution in [-0.4, -0.2) is 32.4 Å². The van der Waals surface area contributed by atoms with E-state index in [0.29, 0.717) is 5.75 Å². The Morgan fingerprint density at radius 3 is 2.64 bits per heavy atom. The standard InChI is InChI=1S/C17H18N4O6S/c1-2-10-27-14-7-5-6-13(11-14)20(12-17(22)19-18)28(25,26)16-9-4-3-8-15(16)21(23)24/h2-9,11H,1,10,12,18H2,(H,19,22). The number of sulfonamides is 1. The van der Waals surface area contributed by atoms with Gasteiger partial charge < -0.3 is 4.74 Å². The van der Waals surface area contributed by atoms with Crippen LogP contribution in [0.3, 0.4) is 0 Å². The Balaban J connectivity index is 2.59. The summed E-state index contributed by atoms with van der Waals surface area (Å²) >= 11 is 0. The Hall–Kier alpha value is -3.44. The van der Waals surface area contributed by atoms with Gasteiger partial charge in [-0.2, -0.15) is 0 Å². The molecule has 2 aromatic carbocycles. The Bertz CT molecular complexity index is 993. The number of hydrogen-bond acceptors (Lipinski definition) is 7. The maximum Gasteiger partial charge on any atom is 0.289 e. The lowest BCUT2D eigenvalue weighted by atomic mass is 10.3. The second-order valence-electron chi connectivity index (χ2n) is 5.40. The van der Waals surface area contributed by atoms with E-state index in [1.165, 1.54) is 36.4 Å². The van der Waals surface area contributed by atoms with Crippen LogP contribution in [0.5, 0.6) is 5.75 Å². The van der Waals surface area contributed by atoms with Crippen molar-refractivity contribution in [2.45, 2.75) is 4.90 Å². The minimum absolute atomic E-state index is 0.0725. The minimum atomic E-state index is -4.47. The fourth-order valence-corrected chi connectivity index (χ4v) is 3.89. The van der Waals surface area contributed by atoms with Gasteiger partial charge in [-0.15, -0.1) is 0 Å². The molecule has 0 atom stereocenters. The van der Waals surface area contributed by atoms with Gasteiger partial charge in [0.25, 0.3) is 21.6 Å². The van der Waals surface area contributed by atoms with Crippen LogP contribution in [0.4, 0.5) is 11.4 Å². The van der Waals surface area contributed by atoms with Crippen molar-refractivity contribution in [3.05, 3.63) is 71.3 Å². The van der Waals surface area contributed by atoms with Crippen LogP contribution in [0, 0.1) is 10.1 Å². The van der Waals surface area contributed by atoms with Crippen molar-refractivity contribution < 1.29 is 22.9 Å². The van der Waals surface area contributed by atoms with Crippen LogP contribution in [0.1, 0.15) is 0 Å². The molecule has 28 heavy (non-hydrogen) atoms. The molecule has 1 amide bonds. The molecule has 0 saturated carbocycles. The van der Waals surface area contributed by atoms with Gasteiger partial charge in [0.1, 0.15) is 18.9 Å². The van der Waals surface area contributed by atoms with Crippen LogP contribution in [0.15, 0.2) is 66.1 Å². The number of benzene rings is 2. The molecule has 2 aromatic rings. The number of carbonyl (C=O) groups is 1. The van der Waals surface area contributed by atoms with Crippen LogP contribution in [-0.2, 0) is 14.8 Å². The number of carbonyl (C=O) groups excluding carboxylic acids is 1. The summed E-state index contributed by atoms with van der Waals surface area (Å²) in [6, 6.07) is 10.8. The molecule has 10 nitrogen and oxygen atoms in total. The minimum Gasteiger partial charge on any atom is -0.489 e. The largest absolute Gasteiger partial charge is 0.489 e. The van der Waals surface area contributed by atoms with E-state index in [-0.39, 0.29) is 12.3 Å². The summed E-state index contributed by atoms with van der Waals surface area (Å²) in [7, 11) is -4.47. The SMILES string of the molecule is C=CCOc1cccc(N(CC(=O)NN)S(=O)(=O)c2ccccc2[N+](=O)[O-])c1. The highest BCUT2D eigenvalue weighted by Crippen LogP contribution is 2.31. The number of nitrogens with one attached hydrogen (secondary N) is 1. The fraction of sp³-hybridized carbons (Fsp3) is 0.118. The molecule has 0 fully saturated rings. The number of nitro benzene ring substituents is 1. The molecule has 0 unspecified atom stereocenters. The number of amides is 1. The number of anilines is 1. The topological polar surface area (TPSA) is 145 Å². The molecule has 0 heterocycles. The van der Waals surface area contributed by atoms with E-state index in [1.54, 1.807) is 6.07 Å². The number of hydrazine groups is 1. The lowest BCUT2D eigenvalue weighted by Gasteiger charge is -2.24. The molecule has 0 bridgehead atoms. The molecule has 0 spiro atoms. The maximum atomic E-state index is 13.2. The Morgan fingerprint density at radius 2 is 2.00 bits per heavy atom. The number of nitrogens with zero attached hydrogens (tertiary/aromatic N) is 2. The highest BCUT2D eigenvalue weighted by atomic mass is 32.2. The van der Waals surface area contributed by atoms with Gasteiger partial charge in [0.05, 0.1) is 10.6 Å². The third-order valence-corrected chi connectivity index (χ3v) is 5.37. The van der Waals surface area contributed by atoms with E-state index in [2.05, 4.69) is 6.58 Å². The average molecular weight is 406 g/mol. The van der Waals surface area contributed by atoms with E-state index < -0.39 is 38.0 Å². The third-order valence-electron chi connectivity index (χ3n) is 3.55. The summed E-state index contributed by atoms with van der Waals surface area (Å²) in [6.07, 6.45) is 1.51. The third kappa shape index (κ3) is 4.64. The summed E-state index contributed by atoms with van der Waals surface area (Å²) in [5, 5.41) is 11.3. The van der Waals surface area contributed by atoms with Gasteiger partial charge in [0.15, 0.2) is 4.90 Å². The van der Waals surface area contributed by atoms with Gasteiger partial charge >= 0.3 is 0 Å². The van der Waals surface area contributed by atoms with Gasteiger partial charge in [0.2, 0.25) is 0 Å². The second kappa shape index (κ2) is 8.97. The fourth-order valence-electron chi connectivity index (χ4n) is 2.32. The molecular formula is C17H18N4O6S. The van der Waals surface area contributed by atoms with Crippen molar-refractivity contribution in [3.63, 3.8) is 0 Å². The van der Waals surface area contributed by atoms with Crippen LogP contribution >= 0.6 is 0 Å². The predicted octanol–water partition coefficient (Wildman–Crippen LogP) is 1.34. The quantitative estimate of drug-likeness (QED) is 0.210. The smallest absolute Gasteiger partial charge is 0.289 e. The number of rotatable bonds is 9. The van der Waals surface area contributed by atoms with Gasteiger partial charge in [-0.3, -0.25) is 24.6 Å². The van der Waals surface area contributed by atoms with E-state index in [9.17, 15) is 23.3 Å². The Kier molecular flexibility index (Phi) is 6.69. The Labute approximate surface area is 161 Å². The first-order chi connectivity index (χ1) is 13.3. The van der Waals surface area contributed by atoms with Crippen molar-refractivity contribution in [2.75, 3.05) is 17.5 Å². The van der Waals surface area contributed by atoms with Crippen molar-refractivity contribution in [1.29, 1.82) is 0 Å². The van der Waals surface area contributed by atoms with Crippen molar-refractivity contribution in [3.8, 4) is 5.75 Å². The zero-order chi connectivity index (χ0) is 20.7. The van der Waals surface area contributed by atoms with Crippen molar-refractivity contribution in [1.82, 2.24) is 5.43 Å². The number of nitrogens with two attached hydrogens (primary N) is 1. The van der Waals surface area contributed by atoms with Gasteiger partial charge in [-0.1, -0.05) is 30.9 Å². The molecule has 0 saturated heterocycles. The average Bonchev–Trinajstić information content (AvgIpc) is 2.70. The van der Waals surface area contributed by atoms with Crippen LogP contribution < -0.4 is 20.3 Å². The molecular weight excluding hydrogens is 388 g/mol. The zero-order valence-electron chi connectivity index (χ0n) is 14.6. The lowest BCUT2D eigenvalue weighted by Crippen LogP contribution is -2.43. The van der Waals surface area contributed by atoms with Crippen LogP contribution in [0.25, 0.3) is 0 Å². The highest BCUT2D eigenvalue weighted by Gasteiger charge is 2.33. The molecule has 148 valence electrons. The Morgan fingerprint density at radius 1 is 1.29 bits per heavy atom. The lowest BCUT2D eigenvalue weighted by molar-refractivity contribution is -0.387. The molecule has 0 aliphatic rings. The number of hydrogen-bond donors (Lipinski definition) is 2. The first kappa shape index (κ1) is 20.9. The van der Waals surface area contributed by atoms with E-state index in [1.807, 2.05) is 5.43 Å². The molecule has 2 rings (SSSR count). The summed E-state index contributed by atoms with van der Waals surface area (Å²) in [6.45, 7) is 3.03. The van der Waals surface area contributed by atoms with E-state index >= 15 is 0 Å². The van der Waals surface area contributed by atoms with E-state index in [4.69, 9.17) is 10.6 Å². The second-order valence-corrected chi connectivity index (χ2v) is 7.23. The highest BCUT2D eigenvalue weighted by molar-refractivity contribution is 7.93. The molecule has 11 heteroatoms. The van der Waals surface area contributed by atoms with Gasteiger partial charge in [-0.05, 0) is 18.2 Å². The number of para-hydroxylation sites is 1. The normalized spacial score (nSPS) is 10.8. The number of ether oxygens (including phenoxy) is 1. The molecule has 0 aliphatic heterocycles. The first-order valence-corrected chi connectivity index (χ1v) is 9.34. The summed E-state index contributed by atoms with van der Waals surface area (Å²) in [5.41, 5.74) is 1.31.